The second-order valence-corrected chi connectivity index (χ2v) is 7.96. The summed E-state index contributed by atoms with van der Waals surface area (Å²) in [5.41, 5.74) is 2.10. The number of hydrogen-bond acceptors (Lipinski definition) is 7. The van der Waals surface area contributed by atoms with Crippen molar-refractivity contribution in [1.29, 1.82) is 0 Å². The van der Waals surface area contributed by atoms with Gasteiger partial charge in [-0.15, -0.1) is 22.0 Å². The molecule has 0 saturated carbocycles. The molecule has 1 N–H and O–H groups in total. The number of carbonyl (C=O) groups is 1. The van der Waals surface area contributed by atoms with Gasteiger partial charge in [0.2, 0.25) is 11.0 Å². The van der Waals surface area contributed by atoms with Crippen LogP contribution in [0.15, 0.2) is 54.6 Å². The van der Waals surface area contributed by atoms with Gasteiger partial charge in [-0.1, -0.05) is 47.7 Å². The predicted molar refractivity (Wildman–Crippen MR) is 119 cm³/mol. The molecule has 0 aliphatic rings. The standard InChI is InChI=1S/C21H21N3O3S2/c1-26-17-10-8-15(12-18(17)27-2)9-11-19(25)22-21-24-23-20(29-21)14-28-13-16-6-4-3-5-7-16/h3-12H,13-14H2,1-2H3,(H,22,24,25)/b11-9+. The number of aromatic nitrogens is 2. The zero-order valence-electron chi connectivity index (χ0n) is 16.1. The lowest BCUT2D eigenvalue weighted by Gasteiger charge is -2.07. The number of nitrogens with zero attached hydrogens (tertiary/aromatic N) is 2. The Bertz CT molecular complexity index is 974. The average molecular weight is 428 g/mol. The van der Waals surface area contributed by atoms with Crippen LogP contribution in [0.3, 0.4) is 0 Å². The molecule has 8 heteroatoms. The summed E-state index contributed by atoms with van der Waals surface area (Å²) in [6.45, 7) is 0. The van der Waals surface area contributed by atoms with E-state index >= 15 is 0 Å². The monoisotopic (exact) mass is 427 g/mol. The Morgan fingerprint density at radius 3 is 2.62 bits per heavy atom. The van der Waals surface area contributed by atoms with Gasteiger partial charge in [-0.3, -0.25) is 10.1 Å². The number of carbonyl (C=O) groups excluding carboxylic acids is 1. The van der Waals surface area contributed by atoms with Crippen molar-refractivity contribution in [2.24, 2.45) is 0 Å². The molecular weight excluding hydrogens is 406 g/mol. The molecule has 1 heterocycles. The van der Waals surface area contributed by atoms with Crippen molar-refractivity contribution in [3.63, 3.8) is 0 Å². The van der Waals surface area contributed by atoms with Gasteiger partial charge in [-0.05, 0) is 29.3 Å². The molecule has 3 aromatic rings. The number of amides is 1. The molecule has 0 fully saturated rings. The Morgan fingerprint density at radius 2 is 1.86 bits per heavy atom. The lowest BCUT2D eigenvalue weighted by molar-refractivity contribution is -0.111. The van der Waals surface area contributed by atoms with Crippen molar-refractivity contribution in [1.82, 2.24) is 10.2 Å². The molecule has 0 atom stereocenters. The Kier molecular flexibility index (Phi) is 7.66. The van der Waals surface area contributed by atoms with E-state index in [1.54, 1.807) is 44.2 Å². The third-order valence-corrected chi connectivity index (χ3v) is 5.91. The molecule has 1 aromatic heterocycles. The molecule has 0 aliphatic heterocycles. The molecule has 0 bridgehead atoms. The Balaban J connectivity index is 1.50. The minimum atomic E-state index is -0.264. The largest absolute Gasteiger partial charge is 0.493 e. The summed E-state index contributed by atoms with van der Waals surface area (Å²) in [6, 6.07) is 15.7. The van der Waals surface area contributed by atoms with Crippen LogP contribution in [0.2, 0.25) is 0 Å². The highest BCUT2D eigenvalue weighted by atomic mass is 32.2. The van der Waals surface area contributed by atoms with Gasteiger partial charge in [0.15, 0.2) is 11.5 Å². The van der Waals surface area contributed by atoms with E-state index in [-0.39, 0.29) is 5.91 Å². The van der Waals surface area contributed by atoms with Crippen LogP contribution in [0, 0.1) is 0 Å². The van der Waals surface area contributed by atoms with Crippen molar-refractivity contribution in [3.8, 4) is 11.5 Å². The summed E-state index contributed by atoms with van der Waals surface area (Å²) in [7, 11) is 3.15. The van der Waals surface area contributed by atoms with Crippen LogP contribution in [0.5, 0.6) is 11.5 Å². The third kappa shape index (κ3) is 6.33. The Hall–Kier alpha value is -2.84. The van der Waals surface area contributed by atoms with E-state index in [9.17, 15) is 4.79 Å². The van der Waals surface area contributed by atoms with E-state index in [0.717, 1.165) is 22.1 Å². The normalized spacial score (nSPS) is 10.8. The van der Waals surface area contributed by atoms with Crippen molar-refractivity contribution in [2.75, 3.05) is 19.5 Å². The number of thioether (sulfide) groups is 1. The minimum Gasteiger partial charge on any atom is -0.493 e. The predicted octanol–water partition coefficient (Wildman–Crippen LogP) is 4.64. The van der Waals surface area contributed by atoms with E-state index < -0.39 is 0 Å². The van der Waals surface area contributed by atoms with Gasteiger partial charge in [-0.2, -0.15) is 0 Å². The van der Waals surface area contributed by atoms with Gasteiger partial charge in [0.25, 0.3) is 0 Å². The second-order valence-electron chi connectivity index (χ2n) is 5.92. The zero-order valence-corrected chi connectivity index (χ0v) is 17.8. The maximum Gasteiger partial charge on any atom is 0.250 e. The topological polar surface area (TPSA) is 73.3 Å². The smallest absolute Gasteiger partial charge is 0.250 e. The van der Waals surface area contributed by atoms with Crippen molar-refractivity contribution in [3.05, 3.63) is 70.7 Å². The number of rotatable bonds is 9. The third-order valence-electron chi connectivity index (χ3n) is 3.87. The molecular formula is C21H21N3O3S2. The highest BCUT2D eigenvalue weighted by Gasteiger charge is 2.07. The first kappa shape index (κ1) is 20.9. The highest BCUT2D eigenvalue weighted by Crippen LogP contribution is 2.28. The SMILES string of the molecule is COc1ccc(/C=C/C(=O)Nc2nnc(CSCc3ccccc3)s2)cc1OC. The first-order chi connectivity index (χ1) is 14.2. The van der Waals surface area contributed by atoms with Gasteiger partial charge in [0.1, 0.15) is 5.01 Å². The molecule has 0 spiro atoms. The van der Waals surface area contributed by atoms with Gasteiger partial charge in [-0.25, -0.2) is 0 Å². The first-order valence-corrected chi connectivity index (χ1v) is 10.8. The summed E-state index contributed by atoms with van der Waals surface area (Å²) in [4.78, 5) is 12.2. The molecule has 2 aromatic carbocycles. The minimum absolute atomic E-state index is 0.264. The van der Waals surface area contributed by atoms with Gasteiger partial charge < -0.3 is 9.47 Å². The fraction of sp³-hybridized carbons (Fsp3) is 0.190. The van der Waals surface area contributed by atoms with Crippen LogP contribution in [0.25, 0.3) is 6.08 Å². The fourth-order valence-corrected chi connectivity index (χ4v) is 4.25. The summed E-state index contributed by atoms with van der Waals surface area (Å²) in [5, 5.41) is 12.3. The Morgan fingerprint density at radius 1 is 1.07 bits per heavy atom. The number of hydrogen-bond donors (Lipinski definition) is 1. The van der Waals surface area contributed by atoms with E-state index in [0.29, 0.717) is 16.6 Å². The number of anilines is 1. The molecule has 1 amide bonds. The van der Waals surface area contributed by atoms with Crippen molar-refractivity contribution in [2.45, 2.75) is 11.5 Å². The molecule has 3 rings (SSSR count). The number of ether oxygens (including phenoxy) is 2. The van der Waals surface area contributed by atoms with E-state index in [1.165, 1.54) is 23.0 Å². The van der Waals surface area contributed by atoms with E-state index in [2.05, 4.69) is 27.6 Å². The maximum atomic E-state index is 12.2. The second kappa shape index (κ2) is 10.6. The number of methoxy groups -OCH3 is 2. The van der Waals surface area contributed by atoms with Gasteiger partial charge in [0.05, 0.1) is 14.2 Å². The molecule has 29 heavy (non-hydrogen) atoms. The van der Waals surface area contributed by atoms with Crippen molar-refractivity contribution >= 4 is 40.2 Å². The van der Waals surface area contributed by atoms with Crippen molar-refractivity contribution < 1.29 is 14.3 Å². The fourth-order valence-electron chi connectivity index (χ4n) is 2.47. The molecule has 150 valence electrons. The summed E-state index contributed by atoms with van der Waals surface area (Å²) < 4.78 is 10.5. The van der Waals surface area contributed by atoms with E-state index in [1.807, 2.05) is 24.3 Å². The molecule has 0 radical (unpaired) electrons. The van der Waals surface area contributed by atoms with Crippen LogP contribution >= 0.6 is 23.1 Å². The number of benzene rings is 2. The lowest BCUT2D eigenvalue weighted by Crippen LogP contribution is -2.07. The Labute approximate surface area is 178 Å². The summed E-state index contributed by atoms with van der Waals surface area (Å²) in [5.74, 6) is 2.65. The first-order valence-electron chi connectivity index (χ1n) is 8.83. The maximum absolute atomic E-state index is 12.2. The number of nitrogens with one attached hydrogen (secondary N) is 1. The molecule has 6 nitrogen and oxygen atoms in total. The summed E-state index contributed by atoms with van der Waals surface area (Å²) in [6.07, 6.45) is 3.15. The van der Waals surface area contributed by atoms with Crippen LogP contribution < -0.4 is 14.8 Å². The zero-order chi connectivity index (χ0) is 20.5. The summed E-state index contributed by atoms with van der Waals surface area (Å²) >= 11 is 3.15. The van der Waals surface area contributed by atoms with Crippen LogP contribution in [0.1, 0.15) is 16.1 Å². The molecule has 0 saturated heterocycles. The van der Waals surface area contributed by atoms with Crippen LogP contribution in [0.4, 0.5) is 5.13 Å². The van der Waals surface area contributed by atoms with Gasteiger partial charge in [0, 0.05) is 17.6 Å². The van der Waals surface area contributed by atoms with E-state index in [4.69, 9.17) is 9.47 Å². The average Bonchev–Trinajstić information content (AvgIpc) is 3.19. The van der Waals surface area contributed by atoms with Gasteiger partial charge >= 0.3 is 0 Å². The molecule has 0 aliphatic carbocycles. The van der Waals surface area contributed by atoms with Crippen LogP contribution in [-0.4, -0.2) is 30.3 Å². The molecule has 0 unspecified atom stereocenters. The highest BCUT2D eigenvalue weighted by molar-refractivity contribution is 7.97. The lowest BCUT2D eigenvalue weighted by atomic mass is 10.2. The quantitative estimate of drug-likeness (QED) is 0.502. The van der Waals surface area contributed by atoms with Crippen LogP contribution in [-0.2, 0) is 16.3 Å².